The number of piperidine rings is 1. The molecule has 3 saturated heterocycles. The van der Waals surface area contributed by atoms with Gasteiger partial charge in [0.05, 0.1) is 37.2 Å². The third-order valence-electron chi connectivity index (χ3n) is 9.78. The summed E-state index contributed by atoms with van der Waals surface area (Å²) < 4.78 is 25.8. The largest absolute Gasteiger partial charge is 0.478 e. The zero-order valence-corrected chi connectivity index (χ0v) is 27.6. The van der Waals surface area contributed by atoms with Crippen molar-refractivity contribution in [1.82, 2.24) is 30.0 Å². The number of aryl methyl sites for hydroxylation is 1. The average Bonchev–Trinajstić information content (AvgIpc) is 3.57. The van der Waals surface area contributed by atoms with E-state index in [1.807, 2.05) is 44.6 Å². The Morgan fingerprint density at radius 1 is 1.09 bits per heavy atom. The molecule has 1 spiro atoms. The van der Waals surface area contributed by atoms with Crippen LogP contribution in [0.1, 0.15) is 78.1 Å². The number of hydrogen-bond donors (Lipinski definition) is 1. The van der Waals surface area contributed by atoms with Crippen molar-refractivity contribution in [2.45, 2.75) is 96.6 Å². The fourth-order valence-electron chi connectivity index (χ4n) is 7.47. The Morgan fingerprint density at radius 2 is 1.91 bits per heavy atom. The molecule has 3 aromatic heterocycles. The van der Waals surface area contributed by atoms with E-state index in [0.717, 1.165) is 68.7 Å². The molecule has 1 N–H and O–H groups in total. The van der Waals surface area contributed by atoms with E-state index in [1.165, 1.54) is 0 Å². The van der Waals surface area contributed by atoms with Gasteiger partial charge in [-0.1, -0.05) is 0 Å². The summed E-state index contributed by atoms with van der Waals surface area (Å²) in [4.78, 5) is 32.2. The van der Waals surface area contributed by atoms with Gasteiger partial charge in [0.15, 0.2) is 29.0 Å². The molecular weight excluding hydrogens is 588 g/mol. The van der Waals surface area contributed by atoms with Crippen LogP contribution in [0.15, 0.2) is 18.3 Å². The maximum atomic E-state index is 12.8. The SMILES string of the molecule is COc1nc2c(N3CCCc4ncccc43)nn(C3CCCCO3)c2nc1N1CCC2(CC1)CO[C@@H](C)[C@H]2NC(=O)OC(C)(C)C. The number of rotatable bonds is 5. The summed E-state index contributed by atoms with van der Waals surface area (Å²) in [6.45, 7) is 11.2. The fraction of sp³-hybridized carbons (Fsp3) is 0.667. The molecule has 46 heavy (non-hydrogen) atoms. The van der Waals surface area contributed by atoms with E-state index in [9.17, 15) is 4.79 Å². The first-order valence-corrected chi connectivity index (χ1v) is 16.7. The number of ether oxygens (including phenoxy) is 4. The van der Waals surface area contributed by atoms with Crippen molar-refractivity contribution in [3.05, 3.63) is 24.0 Å². The normalized spacial score (nSPS) is 24.7. The van der Waals surface area contributed by atoms with Crippen LogP contribution >= 0.6 is 0 Å². The van der Waals surface area contributed by atoms with Crippen molar-refractivity contribution in [3.63, 3.8) is 0 Å². The minimum absolute atomic E-state index is 0.108. The molecule has 0 aliphatic carbocycles. The van der Waals surface area contributed by atoms with Crippen molar-refractivity contribution in [1.29, 1.82) is 0 Å². The fourth-order valence-corrected chi connectivity index (χ4v) is 7.47. The zero-order chi connectivity index (χ0) is 32.1. The number of hydrogen-bond acceptors (Lipinski definition) is 11. The summed E-state index contributed by atoms with van der Waals surface area (Å²) in [5.74, 6) is 1.91. The molecule has 1 amide bonds. The van der Waals surface area contributed by atoms with E-state index < -0.39 is 11.7 Å². The second-order valence-electron chi connectivity index (χ2n) is 14.0. The lowest BCUT2D eigenvalue weighted by Crippen LogP contribution is -2.55. The molecule has 4 aliphatic heterocycles. The van der Waals surface area contributed by atoms with Gasteiger partial charge in [-0.15, -0.1) is 5.10 Å². The van der Waals surface area contributed by atoms with Crippen LogP contribution in [0.5, 0.6) is 5.88 Å². The molecule has 3 atom stereocenters. The predicted molar refractivity (Wildman–Crippen MR) is 173 cm³/mol. The summed E-state index contributed by atoms with van der Waals surface area (Å²) >= 11 is 0. The molecular formula is C33H46N8O5. The van der Waals surface area contributed by atoms with Crippen LogP contribution < -0.4 is 19.9 Å². The molecule has 0 bridgehead atoms. The molecule has 7 heterocycles. The summed E-state index contributed by atoms with van der Waals surface area (Å²) in [5.41, 5.74) is 2.74. The van der Waals surface area contributed by atoms with Gasteiger partial charge >= 0.3 is 6.09 Å². The highest BCUT2D eigenvalue weighted by Gasteiger charge is 2.51. The number of carbonyl (C=O) groups is 1. The summed E-state index contributed by atoms with van der Waals surface area (Å²) in [6.07, 6.45) is 7.64. The van der Waals surface area contributed by atoms with Crippen LogP contribution in [0.4, 0.5) is 22.1 Å². The molecule has 0 aromatic carbocycles. The second-order valence-corrected chi connectivity index (χ2v) is 14.0. The number of pyridine rings is 1. The molecule has 13 nitrogen and oxygen atoms in total. The van der Waals surface area contributed by atoms with Gasteiger partial charge in [-0.05, 0) is 84.8 Å². The molecule has 0 saturated carbocycles. The van der Waals surface area contributed by atoms with E-state index in [-0.39, 0.29) is 23.8 Å². The third kappa shape index (κ3) is 5.72. The first-order chi connectivity index (χ1) is 22.2. The highest BCUT2D eigenvalue weighted by Crippen LogP contribution is 2.45. The van der Waals surface area contributed by atoms with E-state index >= 15 is 0 Å². The number of nitrogens with zero attached hydrogens (tertiary/aromatic N) is 7. The Labute approximate surface area is 269 Å². The van der Waals surface area contributed by atoms with Crippen molar-refractivity contribution < 1.29 is 23.7 Å². The Balaban J connectivity index is 1.21. The van der Waals surface area contributed by atoms with Crippen LogP contribution in [0.2, 0.25) is 0 Å². The molecule has 4 aliphatic rings. The molecule has 1 unspecified atom stereocenters. The topological polar surface area (TPSA) is 129 Å². The number of methoxy groups -OCH3 is 1. The van der Waals surface area contributed by atoms with Gasteiger partial charge < -0.3 is 34.1 Å². The highest BCUT2D eigenvalue weighted by molar-refractivity contribution is 5.89. The monoisotopic (exact) mass is 634 g/mol. The minimum Gasteiger partial charge on any atom is -0.478 e. The molecule has 248 valence electrons. The molecule has 0 radical (unpaired) electrons. The van der Waals surface area contributed by atoms with Gasteiger partial charge in [0.1, 0.15) is 5.60 Å². The first kappa shape index (κ1) is 30.9. The van der Waals surface area contributed by atoms with E-state index in [0.29, 0.717) is 49.2 Å². The predicted octanol–water partition coefficient (Wildman–Crippen LogP) is 4.91. The Morgan fingerprint density at radius 3 is 2.65 bits per heavy atom. The molecule has 13 heteroatoms. The number of fused-ring (bicyclic) bond motifs is 2. The van der Waals surface area contributed by atoms with Crippen LogP contribution in [0.3, 0.4) is 0 Å². The number of alkyl carbamates (subject to hydrolysis) is 1. The van der Waals surface area contributed by atoms with E-state index in [4.69, 9.17) is 34.0 Å². The van der Waals surface area contributed by atoms with Gasteiger partial charge in [-0.2, -0.15) is 0 Å². The minimum atomic E-state index is -0.569. The number of amides is 1. The van der Waals surface area contributed by atoms with Gasteiger partial charge in [0.2, 0.25) is 0 Å². The quantitative estimate of drug-likeness (QED) is 0.411. The van der Waals surface area contributed by atoms with E-state index in [1.54, 1.807) is 7.11 Å². The third-order valence-corrected chi connectivity index (χ3v) is 9.78. The van der Waals surface area contributed by atoms with Crippen molar-refractivity contribution in [2.75, 3.05) is 49.8 Å². The highest BCUT2D eigenvalue weighted by atomic mass is 16.6. The van der Waals surface area contributed by atoms with Crippen molar-refractivity contribution >= 4 is 34.6 Å². The smallest absolute Gasteiger partial charge is 0.407 e. The van der Waals surface area contributed by atoms with Crippen LogP contribution in [0, 0.1) is 5.41 Å². The molecule has 7 rings (SSSR count). The summed E-state index contributed by atoms with van der Waals surface area (Å²) in [7, 11) is 1.65. The Bertz CT molecular complexity index is 1570. The standard InChI is InChI=1S/C33H46N8O5/c1-21-26(36-31(42)46-32(2,3)4)33(20-45-21)13-17-39(18-14-33)29-30(43-5)35-25-27(37-29)41(24-12-6-7-19-44-24)38-28(25)40-16-9-10-22-23(40)11-8-15-34-22/h8,11,15,21,24,26H,6-7,9-10,12-14,16-20H2,1-5H3,(H,36,42)/t21-,24?,26+/m0/s1. The average molecular weight is 635 g/mol. The van der Waals surface area contributed by atoms with E-state index in [2.05, 4.69) is 26.2 Å². The van der Waals surface area contributed by atoms with Crippen molar-refractivity contribution in [2.24, 2.45) is 5.41 Å². The number of aromatic nitrogens is 5. The maximum absolute atomic E-state index is 12.8. The van der Waals surface area contributed by atoms with Crippen LogP contribution in [0.25, 0.3) is 11.2 Å². The van der Waals surface area contributed by atoms with Gasteiger partial charge in [-0.25, -0.2) is 19.4 Å². The molecule has 3 aromatic rings. The zero-order valence-electron chi connectivity index (χ0n) is 27.6. The Kier molecular flexibility index (Phi) is 8.16. The first-order valence-electron chi connectivity index (χ1n) is 16.7. The number of nitrogens with one attached hydrogen (secondary N) is 1. The summed E-state index contributed by atoms with van der Waals surface area (Å²) in [5, 5.41) is 8.29. The summed E-state index contributed by atoms with van der Waals surface area (Å²) in [6, 6.07) is 3.93. The van der Waals surface area contributed by atoms with Gasteiger partial charge in [-0.3, -0.25) is 4.98 Å². The molecule has 3 fully saturated rings. The van der Waals surface area contributed by atoms with Crippen LogP contribution in [-0.2, 0) is 20.6 Å². The van der Waals surface area contributed by atoms with Gasteiger partial charge in [0.25, 0.3) is 5.88 Å². The lowest BCUT2D eigenvalue weighted by atomic mass is 9.73. The number of anilines is 3. The Hall–Kier alpha value is -3.71. The van der Waals surface area contributed by atoms with Gasteiger partial charge in [0, 0.05) is 37.9 Å². The van der Waals surface area contributed by atoms with Crippen LogP contribution in [-0.4, -0.2) is 88.5 Å². The lowest BCUT2D eigenvalue weighted by Gasteiger charge is -2.43. The van der Waals surface area contributed by atoms with Crippen molar-refractivity contribution in [3.8, 4) is 5.88 Å². The second kappa shape index (κ2) is 12.1. The lowest BCUT2D eigenvalue weighted by molar-refractivity contribution is -0.0368. The maximum Gasteiger partial charge on any atom is 0.407 e. The number of carbonyl (C=O) groups excluding carboxylic acids is 1.